The van der Waals surface area contributed by atoms with Crippen molar-refractivity contribution >= 4 is 11.9 Å². The van der Waals surface area contributed by atoms with E-state index in [1.807, 2.05) is 0 Å². The maximum atomic E-state index is 13.0. The number of carbonyl (C=O) groups is 2. The Morgan fingerprint density at radius 3 is 2.74 bits per heavy atom. The third-order valence-electron chi connectivity index (χ3n) is 3.35. The predicted molar refractivity (Wildman–Crippen MR) is 66.8 cm³/mol. The first-order valence-corrected chi connectivity index (χ1v) is 6.20. The van der Waals surface area contributed by atoms with Gasteiger partial charge in [0.2, 0.25) is 5.91 Å². The van der Waals surface area contributed by atoms with Gasteiger partial charge in [-0.05, 0) is 37.0 Å². The van der Waals surface area contributed by atoms with Gasteiger partial charge in [-0.15, -0.1) is 0 Å². The number of amides is 1. The third-order valence-corrected chi connectivity index (χ3v) is 3.35. The summed E-state index contributed by atoms with van der Waals surface area (Å²) in [6.07, 6.45) is 1.59. The number of hydrogen-bond acceptors (Lipinski definition) is 3. The Morgan fingerprint density at radius 2 is 2.16 bits per heavy atom. The summed E-state index contributed by atoms with van der Waals surface area (Å²) < 4.78 is 17.6. The molecular formula is C14H16FNO3. The molecule has 0 heterocycles. The summed E-state index contributed by atoms with van der Waals surface area (Å²) in [7, 11) is 1.28. The SMILES string of the molecule is COC(=O)C1(C(=O)NCCc2cccc(F)c2)CC1. The minimum absolute atomic E-state index is 0.294. The van der Waals surface area contributed by atoms with Gasteiger partial charge in [0, 0.05) is 6.54 Å². The highest BCUT2D eigenvalue weighted by Crippen LogP contribution is 2.46. The molecule has 0 saturated heterocycles. The fourth-order valence-corrected chi connectivity index (χ4v) is 2.03. The van der Waals surface area contributed by atoms with Crippen LogP contribution in [0.1, 0.15) is 18.4 Å². The number of ether oxygens (including phenoxy) is 1. The van der Waals surface area contributed by atoms with Crippen LogP contribution in [0.4, 0.5) is 4.39 Å². The van der Waals surface area contributed by atoms with Crippen molar-refractivity contribution in [2.45, 2.75) is 19.3 Å². The van der Waals surface area contributed by atoms with Gasteiger partial charge in [-0.3, -0.25) is 9.59 Å². The molecule has 0 bridgehead atoms. The largest absolute Gasteiger partial charge is 0.468 e. The molecule has 1 saturated carbocycles. The van der Waals surface area contributed by atoms with E-state index >= 15 is 0 Å². The van der Waals surface area contributed by atoms with Crippen molar-refractivity contribution in [2.24, 2.45) is 5.41 Å². The number of hydrogen-bond donors (Lipinski definition) is 1. The van der Waals surface area contributed by atoms with Crippen molar-refractivity contribution in [2.75, 3.05) is 13.7 Å². The van der Waals surface area contributed by atoms with E-state index in [1.165, 1.54) is 19.2 Å². The molecule has 4 nitrogen and oxygen atoms in total. The van der Waals surface area contributed by atoms with Crippen molar-refractivity contribution in [3.05, 3.63) is 35.6 Å². The smallest absolute Gasteiger partial charge is 0.321 e. The number of nitrogens with one attached hydrogen (secondary N) is 1. The van der Waals surface area contributed by atoms with Crippen LogP contribution in [0.2, 0.25) is 0 Å². The Kier molecular flexibility index (Phi) is 3.83. The predicted octanol–water partition coefficient (Wildman–Crippen LogP) is 1.44. The van der Waals surface area contributed by atoms with E-state index in [1.54, 1.807) is 12.1 Å². The van der Waals surface area contributed by atoms with Crippen LogP contribution in [0.3, 0.4) is 0 Å². The molecule has 1 amide bonds. The lowest BCUT2D eigenvalue weighted by Crippen LogP contribution is -2.38. The summed E-state index contributed by atoms with van der Waals surface area (Å²) in [4.78, 5) is 23.4. The van der Waals surface area contributed by atoms with E-state index in [-0.39, 0.29) is 11.7 Å². The van der Waals surface area contributed by atoms with Crippen molar-refractivity contribution in [3.8, 4) is 0 Å². The van der Waals surface area contributed by atoms with E-state index < -0.39 is 11.4 Å². The maximum Gasteiger partial charge on any atom is 0.321 e. The number of benzene rings is 1. The molecule has 1 fully saturated rings. The van der Waals surface area contributed by atoms with Gasteiger partial charge in [0.05, 0.1) is 7.11 Å². The van der Waals surface area contributed by atoms with Crippen molar-refractivity contribution in [1.29, 1.82) is 0 Å². The lowest BCUT2D eigenvalue weighted by Gasteiger charge is -2.12. The number of rotatable bonds is 5. The van der Waals surface area contributed by atoms with Gasteiger partial charge in [0.15, 0.2) is 0 Å². The Hall–Kier alpha value is -1.91. The minimum Gasteiger partial charge on any atom is -0.468 e. The molecule has 0 spiro atoms. The molecule has 1 N–H and O–H groups in total. The molecule has 102 valence electrons. The highest BCUT2D eigenvalue weighted by Gasteiger charge is 2.57. The number of halogens is 1. The standard InChI is InChI=1S/C14H16FNO3/c1-19-13(18)14(6-7-14)12(17)16-8-5-10-3-2-4-11(15)9-10/h2-4,9H,5-8H2,1H3,(H,16,17). The van der Waals surface area contributed by atoms with Crippen LogP contribution in [-0.4, -0.2) is 25.5 Å². The molecule has 5 heteroatoms. The average molecular weight is 265 g/mol. The number of methoxy groups -OCH3 is 1. The highest BCUT2D eigenvalue weighted by atomic mass is 19.1. The van der Waals surface area contributed by atoms with Gasteiger partial charge >= 0.3 is 5.97 Å². The third kappa shape index (κ3) is 2.92. The van der Waals surface area contributed by atoms with Gasteiger partial charge in [-0.2, -0.15) is 0 Å². The quantitative estimate of drug-likeness (QED) is 0.647. The second kappa shape index (κ2) is 5.38. The van der Waals surface area contributed by atoms with Crippen LogP contribution in [-0.2, 0) is 20.7 Å². The minimum atomic E-state index is -0.976. The molecule has 0 unspecified atom stereocenters. The lowest BCUT2D eigenvalue weighted by molar-refractivity contribution is -0.152. The molecule has 0 atom stereocenters. The molecule has 19 heavy (non-hydrogen) atoms. The molecule has 0 aliphatic heterocycles. The Balaban J connectivity index is 1.83. The van der Waals surface area contributed by atoms with Gasteiger partial charge in [0.25, 0.3) is 0 Å². The molecule has 1 aliphatic carbocycles. The zero-order chi connectivity index (χ0) is 13.9. The summed E-state index contributed by atoms with van der Waals surface area (Å²) in [5, 5.41) is 2.71. The van der Waals surface area contributed by atoms with Crippen molar-refractivity contribution < 1.29 is 18.7 Å². The molecule has 1 aliphatic rings. The topological polar surface area (TPSA) is 55.4 Å². The number of carbonyl (C=O) groups excluding carboxylic acids is 2. The van der Waals surface area contributed by atoms with Crippen molar-refractivity contribution in [1.82, 2.24) is 5.32 Å². The van der Waals surface area contributed by atoms with Crippen LogP contribution in [0.15, 0.2) is 24.3 Å². The molecule has 0 radical (unpaired) electrons. The van der Waals surface area contributed by atoms with Crippen LogP contribution in [0.5, 0.6) is 0 Å². The van der Waals surface area contributed by atoms with E-state index in [0.29, 0.717) is 25.8 Å². The average Bonchev–Trinajstić information content (AvgIpc) is 3.19. The van der Waals surface area contributed by atoms with Crippen LogP contribution < -0.4 is 5.32 Å². The summed E-state index contributed by atoms with van der Waals surface area (Å²) in [6.45, 7) is 0.376. The molecule has 1 aromatic carbocycles. The summed E-state index contributed by atoms with van der Waals surface area (Å²) in [6, 6.07) is 6.23. The van der Waals surface area contributed by atoms with E-state index in [0.717, 1.165) is 5.56 Å². The fraction of sp³-hybridized carbons (Fsp3) is 0.429. The normalized spacial score (nSPS) is 15.7. The number of esters is 1. The first kappa shape index (κ1) is 13.5. The van der Waals surface area contributed by atoms with Crippen LogP contribution in [0.25, 0.3) is 0 Å². The maximum absolute atomic E-state index is 13.0. The highest BCUT2D eigenvalue weighted by molar-refractivity contribution is 6.05. The van der Waals surface area contributed by atoms with Crippen LogP contribution in [0, 0.1) is 11.2 Å². The van der Waals surface area contributed by atoms with Gasteiger partial charge < -0.3 is 10.1 Å². The second-order valence-electron chi connectivity index (χ2n) is 4.71. The first-order valence-electron chi connectivity index (χ1n) is 6.20. The van der Waals surface area contributed by atoms with Gasteiger partial charge in [-0.1, -0.05) is 12.1 Å². The molecule has 2 rings (SSSR count). The van der Waals surface area contributed by atoms with Gasteiger partial charge in [-0.25, -0.2) is 4.39 Å². The Bertz CT molecular complexity index is 497. The van der Waals surface area contributed by atoms with Gasteiger partial charge in [0.1, 0.15) is 11.2 Å². The molecule has 1 aromatic rings. The van der Waals surface area contributed by atoms with E-state index in [4.69, 9.17) is 0 Å². The summed E-state index contributed by atoms with van der Waals surface area (Å²) >= 11 is 0. The first-order chi connectivity index (χ1) is 9.08. The fourth-order valence-electron chi connectivity index (χ4n) is 2.03. The zero-order valence-corrected chi connectivity index (χ0v) is 10.7. The molecular weight excluding hydrogens is 249 g/mol. The Labute approximate surface area is 110 Å². The van der Waals surface area contributed by atoms with Crippen molar-refractivity contribution in [3.63, 3.8) is 0 Å². The van der Waals surface area contributed by atoms with E-state index in [9.17, 15) is 14.0 Å². The van der Waals surface area contributed by atoms with E-state index in [2.05, 4.69) is 10.1 Å². The molecule has 0 aromatic heterocycles. The second-order valence-corrected chi connectivity index (χ2v) is 4.71. The monoisotopic (exact) mass is 265 g/mol. The summed E-state index contributed by atoms with van der Waals surface area (Å²) in [5.41, 5.74) is -0.167. The Morgan fingerprint density at radius 1 is 1.42 bits per heavy atom. The zero-order valence-electron chi connectivity index (χ0n) is 10.7. The lowest BCUT2D eigenvalue weighted by atomic mass is 10.1. The summed E-state index contributed by atoms with van der Waals surface area (Å²) in [5.74, 6) is -1.07. The van der Waals surface area contributed by atoms with Crippen LogP contribution >= 0.6 is 0 Å².